The molecule has 0 radical (unpaired) electrons. The van der Waals surface area contributed by atoms with Crippen molar-refractivity contribution in [1.82, 2.24) is 14.3 Å². The number of aryl methyl sites for hydroxylation is 2. The van der Waals surface area contributed by atoms with Crippen molar-refractivity contribution in [2.75, 3.05) is 56.2 Å². The molecule has 31 heavy (non-hydrogen) atoms. The summed E-state index contributed by atoms with van der Waals surface area (Å²) in [6.07, 6.45) is 3.66. The van der Waals surface area contributed by atoms with E-state index in [0.29, 0.717) is 31.9 Å². The van der Waals surface area contributed by atoms with Crippen LogP contribution in [-0.4, -0.2) is 69.1 Å². The Bertz CT molecular complexity index is 1030. The van der Waals surface area contributed by atoms with E-state index in [1.54, 1.807) is 16.4 Å². The molecule has 168 valence electrons. The topological polar surface area (TPSA) is 78.9 Å². The standard InChI is InChI=1S/C22H31N5O3S/c1-17-7-8-19(30-3)20(15-17)31(28,29)27-13-11-26(12-14-27)22-16-21(23-18(2)24-22)25-9-5-4-6-10-25/h7-8,15-16H,4-6,9-14H2,1-3H3. The molecule has 0 amide bonds. The van der Waals surface area contributed by atoms with Crippen LogP contribution < -0.4 is 14.5 Å². The molecule has 2 aromatic rings. The summed E-state index contributed by atoms with van der Waals surface area (Å²) in [5, 5.41) is 0. The van der Waals surface area contributed by atoms with Crippen molar-refractivity contribution in [3.63, 3.8) is 0 Å². The number of piperidine rings is 1. The van der Waals surface area contributed by atoms with Crippen LogP contribution in [0.1, 0.15) is 30.7 Å². The molecule has 8 nitrogen and oxygen atoms in total. The molecule has 0 aliphatic carbocycles. The minimum Gasteiger partial charge on any atom is -0.495 e. The van der Waals surface area contributed by atoms with E-state index in [2.05, 4.69) is 19.8 Å². The first-order valence-electron chi connectivity index (χ1n) is 10.9. The van der Waals surface area contributed by atoms with E-state index < -0.39 is 10.0 Å². The van der Waals surface area contributed by atoms with Gasteiger partial charge in [-0.2, -0.15) is 4.31 Å². The summed E-state index contributed by atoms with van der Waals surface area (Å²) in [5.41, 5.74) is 0.889. The summed E-state index contributed by atoms with van der Waals surface area (Å²) in [5.74, 6) is 2.98. The second-order valence-corrected chi connectivity index (χ2v) is 10.1. The Balaban J connectivity index is 1.50. The van der Waals surface area contributed by atoms with Crippen LogP contribution in [0.25, 0.3) is 0 Å². The van der Waals surface area contributed by atoms with Gasteiger partial charge < -0.3 is 14.5 Å². The van der Waals surface area contributed by atoms with Crippen LogP contribution in [0.2, 0.25) is 0 Å². The monoisotopic (exact) mass is 445 g/mol. The molecular formula is C22H31N5O3S. The summed E-state index contributed by atoms with van der Waals surface area (Å²) in [6, 6.07) is 7.29. The Hall–Kier alpha value is -2.39. The number of rotatable bonds is 5. The Labute approximate surface area is 184 Å². The van der Waals surface area contributed by atoms with Gasteiger partial charge in [-0.3, -0.25) is 0 Å². The molecule has 0 spiro atoms. The van der Waals surface area contributed by atoms with E-state index in [9.17, 15) is 8.42 Å². The molecule has 1 aromatic carbocycles. The van der Waals surface area contributed by atoms with E-state index in [4.69, 9.17) is 4.74 Å². The average molecular weight is 446 g/mol. The highest BCUT2D eigenvalue weighted by Gasteiger charge is 2.31. The number of anilines is 2. The number of hydrogen-bond donors (Lipinski definition) is 0. The average Bonchev–Trinajstić information content (AvgIpc) is 2.79. The molecule has 0 atom stereocenters. The van der Waals surface area contributed by atoms with Crippen molar-refractivity contribution >= 4 is 21.7 Å². The molecule has 0 N–H and O–H groups in total. The molecule has 0 bridgehead atoms. The molecule has 2 fully saturated rings. The maximum atomic E-state index is 13.3. The molecule has 1 aromatic heterocycles. The van der Waals surface area contributed by atoms with E-state index in [1.807, 2.05) is 26.0 Å². The normalized spacial score (nSPS) is 18.3. The fourth-order valence-corrected chi connectivity index (χ4v) is 5.93. The molecule has 3 heterocycles. The van der Waals surface area contributed by atoms with Gasteiger partial charge in [-0.1, -0.05) is 6.07 Å². The van der Waals surface area contributed by atoms with Crippen molar-refractivity contribution < 1.29 is 13.2 Å². The molecular weight excluding hydrogens is 414 g/mol. The lowest BCUT2D eigenvalue weighted by molar-refractivity contribution is 0.373. The van der Waals surface area contributed by atoms with E-state index in [1.165, 1.54) is 26.4 Å². The van der Waals surface area contributed by atoms with Crippen LogP contribution in [0.3, 0.4) is 0 Å². The zero-order chi connectivity index (χ0) is 22.0. The van der Waals surface area contributed by atoms with Crippen LogP contribution >= 0.6 is 0 Å². The van der Waals surface area contributed by atoms with Crippen LogP contribution in [-0.2, 0) is 10.0 Å². The van der Waals surface area contributed by atoms with E-state index in [-0.39, 0.29) is 4.90 Å². The number of hydrogen-bond acceptors (Lipinski definition) is 7. The van der Waals surface area contributed by atoms with Gasteiger partial charge in [-0.15, -0.1) is 0 Å². The lowest BCUT2D eigenvalue weighted by atomic mass is 10.1. The molecule has 2 saturated heterocycles. The smallest absolute Gasteiger partial charge is 0.246 e. The van der Waals surface area contributed by atoms with Gasteiger partial charge in [-0.25, -0.2) is 18.4 Å². The quantitative estimate of drug-likeness (QED) is 0.700. The summed E-state index contributed by atoms with van der Waals surface area (Å²) in [7, 11) is -2.13. The second-order valence-electron chi connectivity index (χ2n) is 8.22. The first-order valence-corrected chi connectivity index (χ1v) is 12.3. The van der Waals surface area contributed by atoms with Crippen LogP contribution in [0, 0.1) is 13.8 Å². The fraction of sp³-hybridized carbons (Fsp3) is 0.545. The predicted octanol–water partition coefficient (Wildman–Crippen LogP) is 2.60. The van der Waals surface area contributed by atoms with Crippen LogP contribution in [0.15, 0.2) is 29.2 Å². The van der Waals surface area contributed by atoms with Gasteiger partial charge in [0.05, 0.1) is 7.11 Å². The lowest BCUT2D eigenvalue weighted by Gasteiger charge is -2.35. The maximum absolute atomic E-state index is 13.3. The first kappa shape index (κ1) is 21.8. The van der Waals surface area contributed by atoms with Gasteiger partial charge in [0, 0.05) is 45.3 Å². The molecule has 4 rings (SSSR count). The zero-order valence-electron chi connectivity index (χ0n) is 18.5. The van der Waals surface area contributed by atoms with E-state index >= 15 is 0 Å². The summed E-state index contributed by atoms with van der Waals surface area (Å²) in [4.78, 5) is 14.0. The van der Waals surface area contributed by atoms with Gasteiger partial charge in [0.1, 0.15) is 28.1 Å². The highest BCUT2D eigenvalue weighted by molar-refractivity contribution is 7.89. The van der Waals surface area contributed by atoms with Crippen LogP contribution in [0.5, 0.6) is 5.75 Å². The Morgan fingerprint density at radius 1 is 0.839 bits per heavy atom. The summed E-state index contributed by atoms with van der Waals surface area (Å²) >= 11 is 0. The number of aromatic nitrogens is 2. The zero-order valence-corrected chi connectivity index (χ0v) is 19.4. The minimum atomic E-state index is -3.63. The number of ether oxygens (including phenoxy) is 1. The largest absolute Gasteiger partial charge is 0.495 e. The van der Waals surface area contributed by atoms with Crippen molar-refractivity contribution in [2.45, 2.75) is 38.0 Å². The highest BCUT2D eigenvalue weighted by atomic mass is 32.2. The predicted molar refractivity (Wildman–Crippen MR) is 122 cm³/mol. The van der Waals surface area contributed by atoms with Gasteiger partial charge in [0.25, 0.3) is 0 Å². The van der Waals surface area contributed by atoms with Crippen molar-refractivity contribution in [3.8, 4) is 5.75 Å². The highest BCUT2D eigenvalue weighted by Crippen LogP contribution is 2.29. The fourth-order valence-electron chi connectivity index (χ4n) is 4.27. The number of nitrogens with zero attached hydrogens (tertiary/aromatic N) is 5. The van der Waals surface area contributed by atoms with Gasteiger partial charge in [0.15, 0.2) is 0 Å². The third-order valence-electron chi connectivity index (χ3n) is 5.99. The molecule has 0 unspecified atom stereocenters. The summed E-state index contributed by atoms with van der Waals surface area (Å²) in [6.45, 7) is 7.84. The van der Waals surface area contributed by atoms with Gasteiger partial charge in [-0.05, 0) is 50.8 Å². The maximum Gasteiger partial charge on any atom is 0.246 e. The molecule has 0 saturated carbocycles. The third kappa shape index (κ3) is 4.62. The van der Waals surface area contributed by atoms with Crippen molar-refractivity contribution in [2.24, 2.45) is 0 Å². The van der Waals surface area contributed by atoms with Gasteiger partial charge in [0.2, 0.25) is 10.0 Å². The van der Waals surface area contributed by atoms with Gasteiger partial charge >= 0.3 is 0 Å². The molecule has 9 heteroatoms. The minimum absolute atomic E-state index is 0.230. The van der Waals surface area contributed by atoms with Crippen molar-refractivity contribution in [3.05, 3.63) is 35.7 Å². The lowest BCUT2D eigenvalue weighted by Crippen LogP contribution is -2.49. The third-order valence-corrected chi connectivity index (χ3v) is 7.91. The Morgan fingerprint density at radius 2 is 1.45 bits per heavy atom. The first-order chi connectivity index (χ1) is 14.9. The van der Waals surface area contributed by atoms with Crippen molar-refractivity contribution in [1.29, 1.82) is 0 Å². The number of methoxy groups -OCH3 is 1. The number of sulfonamides is 1. The summed E-state index contributed by atoms with van der Waals surface area (Å²) < 4.78 is 33.4. The Morgan fingerprint density at radius 3 is 2.06 bits per heavy atom. The second kappa shape index (κ2) is 9.00. The molecule has 2 aliphatic rings. The van der Waals surface area contributed by atoms with Crippen LogP contribution in [0.4, 0.5) is 11.6 Å². The van der Waals surface area contributed by atoms with E-state index in [0.717, 1.165) is 36.1 Å². The SMILES string of the molecule is COc1ccc(C)cc1S(=O)(=O)N1CCN(c2cc(N3CCCCC3)nc(C)n2)CC1. The molecule has 2 aliphatic heterocycles. The number of benzene rings is 1. The number of piperazine rings is 1. The Kier molecular flexibility index (Phi) is 6.34.